The minimum absolute atomic E-state index is 0.110. The molecule has 1 aromatic carbocycles. The van der Waals surface area contributed by atoms with Crippen molar-refractivity contribution in [1.29, 1.82) is 0 Å². The molecule has 0 spiro atoms. The van der Waals surface area contributed by atoms with E-state index in [-0.39, 0.29) is 11.0 Å². The summed E-state index contributed by atoms with van der Waals surface area (Å²) in [7, 11) is 0. The molecule has 1 N–H and O–H groups in total. The topological polar surface area (TPSA) is 28.7 Å². The van der Waals surface area contributed by atoms with Gasteiger partial charge in [0.25, 0.3) is 0 Å². The van der Waals surface area contributed by atoms with Gasteiger partial charge in [0.1, 0.15) is 22.1 Å². The minimum atomic E-state index is -0.628. The second-order valence-electron chi connectivity index (χ2n) is 5.33. The second kappa shape index (κ2) is 4.81. The van der Waals surface area contributed by atoms with E-state index in [2.05, 4.69) is 9.97 Å². The number of rotatable bonds is 1. The van der Waals surface area contributed by atoms with Crippen molar-refractivity contribution in [2.75, 3.05) is 0 Å². The van der Waals surface area contributed by atoms with Crippen LogP contribution in [0.4, 0.5) is 8.78 Å². The molecule has 5 heteroatoms. The first kappa shape index (κ1) is 13.8. The van der Waals surface area contributed by atoms with Crippen molar-refractivity contribution in [1.82, 2.24) is 9.97 Å². The monoisotopic (exact) mass is 280 g/mol. The van der Waals surface area contributed by atoms with Crippen LogP contribution in [-0.4, -0.2) is 9.97 Å². The van der Waals surface area contributed by atoms with Crippen molar-refractivity contribution in [3.8, 4) is 11.3 Å². The lowest BCUT2D eigenvalue weighted by molar-refractivity contribution is 0.543. The van der Waals surface area contributed by atoms with E-state index in [1.165, 1.54) is 24.3 Å². The van der Waals surface area contributed by atoms with Crippen LogP contribution < -0.4 is 0 Å². The predicted octanol–water partition coefficient (Wildman–Crippen LogP) is 4.38. The Balaban J connectivity index is 2.70. The lowest BCUT2D eigenvalue weighted by Crippen LogP contribution is -2.16. The fourth-order valence-corrected chi connectivity index (χ4v) is 1.91. The molecule has 0 fully saturated rings. The third kappa shape index (κ3) is 2.87. The molecular formula is C14H14F2N2S. The summed E-state index contributed by atoms with van der Waals surface area (Å²) in [5.41, 5.74) is -0.0901. The zero-order valence-corrected chi connectivity index (χ0v) is 11.7. The van der Waals surface area contributed by atoms with E-state index in [1.807, 2.05) is 20.8 Å². The van der Waals surface area contributed by atoms with Crippen molar-refractivity contribution in [2.24, 2.45) is 0 Å². The molecule has 1 heterocycles. The van der Waals surface area contributed by atoms with Gasteiger partial charge in [-0.1, -0.05) is 39.1 Å². The Morgan fingerprint density at radius 1 is 1.16 bits per heavy atom. The number of aromatic amines is 1. The van der Waals surface area contributed by atoms with E-state index in [4.69, 9.17) is 12.2 Å². The number of aromatic nitrogens is 2. The Kier molecular flexibility index (Phi) is 3.49. The molecule has 19 heavy (non-hydrogen) atoms. The van der Waals surface area contributed by atoms with Gasteiger partial charge in [-0.05, 0) is 18.2 Å². The van der Waals surface area contributed by atoms with Crippen LogP contribution in [0.3, 0.4) is 0 Å². The number of hydrogen-bond donors (Lipinski definition) is 1. The smallest absolute Gasteiger partial charge is 0.135 e. The van der Waals surface area contributed by atoms with Crippen LogP contribution in [-0.2, 0) is 5.41 Å². The number of benzene rings is 1. The molecule has 2 nitrogen and oxygen atoms in total. The first-order valence-electron chi connectivity index (χ1n) is 5.85. The van der Waals surface area contributed by atoms with Crippen LogP contribution in [0.2, 0.25) is 0 Å². The zero-order chi connectivity index (χ0) is 14.2. The molecule has 0 aliphatic rings. The van der Waals surface area contributed by atoms with Gasteiger partial charge in [0.15, 0.2) is 0 Å². The average Bonchev–Trinajstić information content (AvgIpc) is 2.26. The van der Waals surface area contributed by atoms with Gasteiger partial charge < -0.3 is 4.98 Å². The molecule has 0 saturated heterocycles. The van der Waals surface area contributed by atoms with Crippen molar-refractivity contribution < 1.29 is 8.78 Å². The van der Waals surface area contributed by atoms with Crippen LogP contribution in [0.5, 0.6) is 0 Å². The van der Waals surface area contributed by atoms with Gasteiger partial charge >= 0.3 is 0 Å². The predicted molar refractivity (Wildman–Crippen MR) is 73.5 cm³/mol. The molecule has 2 rings (SSSR count). The largest absolute Gasteiger partial charge is 0.343 e. The van der Waals surface area contributed by atoms with Crippen LogP contribution in [0.15, 0.2) is 24.3 Å². The van der Waals surface area contributed by atoms with Gasteiger partial charge in [-0.3, -0.25) is 0 Å². The van der Waals surface area contributed by atoms with Gasteiger partial charge in [-0.25, -0.2) is 13.8 Å². The zero-order valence-electron chi connectivity index (χ0n) is 10.9. The molecule has 0 radical (unpaired) electrons. The molecule has 0 atom stereocenters. The highest BCUT2D eigenvalue weighted by Gasteiger charge is 2.19. The fraction of sp³-hybridized carbons (Fsp3) is 0.286. The molecule has 2 aromatic rings. The van der Waals surface area contributed by atoms with Crippen LogP contribution >= 0.6 is 12.2 Å². The summed E-state index contributed by atoms with van der Waals surface area (Å²) in [6.45, 7) is 5.84. The van der Waals surface area contributed by atoms with Crippen molar-refractivity contribution >= 4 is 12.2 Å². The summed E-state index contributed by atoms with van der Waals surface area (Å²) in [6, 6.07) is 5.22. The van der Waals surface area contributed by atoms with Gasteiger partial charge in [0.05, 0.1) is 11.3 Å². The molecule has 100 valence electrons. The molecule has 0 bridgehead atoms. The second-order valence-corrected chi connectivity index (χ2v) is 5.75. The number of H-pyrrole nitrogens is 1. The van der Waals surface area contributed by atoms with Crippen molar-refractivity contribution in [2.45, 2.75) is 26.2 Å². The van der Waals surface area contributed by atoms with Crippen LogP contribution in [0.25, 0.3) is 11.3 Å². The van der Waals surface area contributed by atoms with E-state index in [0.29, 0.717) is 16.2 Å². The van der Waals surface area contributed by atoms with Gasteiger partial charge in [0.2, 0.25) is 0 Å². The molecule has 1 aromatic heterocycles. The van der Waals surface area contributed by atoms with Gasteiger partial charge in [-0.2, -0.15) is 0 Å². The summed E-state index contributed by atoms with van der Waals surface area (Å²) < 4.78 is 27.9. The van der Waals surface area contributed by atoms with Gasteiger partial charge in [-0.15, -0.1) is 0 Å². The molecule has 0 amide bonds. The third-order valence-electron chi connectivity index (χ3n) is 2.69. The average molecular weight is 280 g/mol. The highest BCUT2D eigenvalue weighted by Crippen LogP contribution is 2.26. The van der Waals surface area contributed by atoms with Gasteiger partial charge in [0, 0.05) is 5.41 Å². The number of nitrogens with one attached hydrogen (secondary N) is 1. The Morgan fingerprint density at radius 3 is 2.26 bits per heavy atom. The third-order valence-corrected chi connectivity index (χ3v) is 2.89. The summed E-state index contributed by atoms with van der Waals surface area (Å²) in [5.74, 6) is -0.661. The number of hydrogen-bond acceptors (Lipinski definition) is 2. The summed E-state index contributed by atoms with van der Waals surface area (Å²) >= 11 is 5.07. The molecule has 0 unspecified atom stereocenters. The maximum Gasteiger partial charge on any atom is 0.135 e. The summed E-state index contributed by atoms with van der Waals surface area (Å²) in [4.78, 5) is 7.17. The number of halogens is 2. The lowest BCUT2D eigenvalue weighted by Gasteiger charge is -2.18. The number of nitrogens with zero attached hydrogens (tertiary/aromatic N) is 1. The highest BCUT2D eigenvalue weighted by atomic mass is 32.1. The Morgan fingerprint density at radius 2 is 1.74 bits per heavy atom. The van der Waals surface area contributed by atoms with E-state index < -0.39 is 11.6 Å². The van der Waals surface area contributed by atoms with E-state index in [0.717, 1.165) is 0 Å². The van der Waals surface area contributed by atoms with E-state index in [9.17, 15) is 8.78 Å². The Bertz CT molecular complexity index is 652. The van der Waals surface area contributed by atoms with E-state index in [1.54, 1.807) is 0 Å². The maximum atomic E-state index is 13.8. The molecule has 0 aliphatic heterocycles. The normalized spacial score (nSPS) is 11.6. The van der Waals surface area contributed by atoms with Crippen LogP contribution in [0.1, 0.15) is 26.6 Å². The van der Waals surface area contributed by atoms with E-state index >= 15 is 0 Å². The molecule has 0 saturated carbocycles. The first-order chi connectivity index (χ1) is 8.79. The molecule has 0 aliphatic carbocycles. The summed E-state index contributed by atoms with van der Waals surface area (Å²) in [5, 5.41) is 0. The SMILES string of the molecule is CC(C)(C)c1nc(=S)cc(-c2c(F)cccc2F)[nH]1. The standard InChI is InChI=1S/C14H14F2N2S/c1-14(2,3)13-17-10(7-11(19)18-13)12-8(15)5-4-6-9(12)16/h4-7H,1-3H3,(H,17,18,19). The Hall–Kier alpha value is -1.62. The lowest BCUT2D eigenvalue weighted by atomic mass is 9.95. The van der Waals surface area contributed by atoms with Crippen LogP contribution in [0, 0.1) is 16.3 Å². The Labute approximate surface area is 115 Å². The minimum Gasteiger partial charge on any atom is -0.343 e. The van der Waals surface area contributed by atoms with Crippen molar-refractivity contribution in [3.05, 3.63) is 46.4 Å². The quantitative estimate of drug-likeness (QED) is 0.785. The highest BCUT2D eigenvalue weighted by molar-refractivity contribution is 7.71. The summed E-state index contributed by atoms with van der Waals surface area (Å²) in [6.07, 6.45) is 0. The first-order valence-corrected chi connectivity index (χ1v) is 6.26. The van der Waals surface area contributed by atoms with Crippen molar-refractivity contribution in [3.63, 3.8) is 0 Å². The molecular weight excluding hydrogens is 266 g/mol. The maximum absolute atomic E-state index is 13.8. The fourth-order valence-electron chi connectivity index (χ4n) is 1.70.